The number of rotatable bonds is 4. The second-order valence-corrected chi connectivity index (χ2v) is 7.02. The Balaban J connectivity index is 1.57. The van der Waals surface area contributed by atoms with Crippen molar-refractivity contribution < 1.29 is 17.9 Å². The fourth-order valence-corrected chi connectivity index (χ4v) is 3.47. The minimum absolute atomic E-state index is 0.124. The maximum Gasteiger partial charge on any atom is 0.573 e. The van der Waals surface area contributed by atoms with Gasteiger partial charge in [0.25, 0.3) is 0 Å². The monoisotopic (exact) mass is 449 g/mol. The summed E-state index contributed by atoms with van der Waals surface area (Å²) in [5.74, 6) is -0.353. The summed E-state index contributed by atoms with van der Waals surface area (Å²) in [6.07, 6.45) is 1.60. The van der Waals surface area contributed by atoms with E-state index in [0.717, 1.165) is 10.8 Å². The van der Waals surface area contributed by atoms with Crippen LogP contribution in [0.3, 0.4) is 0 Å². The lowest BCUT2D eigenvalue weighted by Gasteiger charge is -2.12. The Morgan fingerprint density at radius 2 is 1.70 bits per heavy atom. The van der Waals surface area contributed by atoms with Crippen LogP contribution in [0.1, 0.15) is 0 Å². The van der Waals surface area contributed by atoms with Crippen LogP contribution in [0.25, 0.3) is 33.5 Å². The van der Waals surface area contributed by atoms with Gasteiger partial charge in [0.15, 0.2) is 5.69 Å². The number of hydrogen-bond acceptors (Lipinski definition) is 5. The lowest BCUT2D eigenvalue weighted by atomic mass is 10.1. The molecule has 10 heteroatoms. The van der Waals surface area contributed by atoms with Crippen LogP contribution >= 0.6 is 0 Å². The van der Waals surface area contributed by atoms with Crippen LogP contribution in [0.2, 0.25) is 0 Å². The number of hydrogen-bond donors (Lipinski definition) is 0. The van der Waals surface area contributed by atoms with Crippen molar-refractivity contribution in [2.45, 2.75) is 6.36 Å². The highest BCUT2D eigenvalue weighted by Gasteiger charge is 2.31. The van der Waals surface area contributed by atoms with E-state index in [9.17, 15) is 18.0 Å². The summed E-state index contributed by atoms with van der Waals surface area (Å²) in [6, 6.07) is 15.8. The molecular weight excluding hydrogens is 435 g/mol. The standard InChI is InChI=1S/C23H14F3N5O2/c24-23(25,26)33-17-7-5-16(6-8-17)30-12-10-21(32)22(29-30)19-9-11-28-31(19)20-14-27-13-15-3-1-2-4-18(15)20/h1-14H. The van der Waals surface area contributed by atoms with E-state index in [1.165, 1.54) is 41.2 Å². The highest BCUT2D eigenvalue weighted by molar-refractivity contribution is 5.89. The highest BCUT2D eigenvalue weighted by atomic mass is 19.4. The van der Waals surface area contributed by atoms with Crippen LogP contribution < -0.4 is 10.2 Å². The number of halogens is 3. The van der Waals surface area contributed by atoms with Gasteiger partial charge in [-0.05, 0) is 30.3 Å². The van der Waals surface area contributed by atoms with Gasteiger partial charge in [-0.25, -0.2) is 9.36 Å². The van der Waals surface area contributed by atoms with Crippen LogP contribution in [0.5, 0.6) is 5.75 Å². The fourth-order valence-electron chi connectivity index (χ4n) is 3.47. The number of nitrogens with zero attached hydrogens (tertiary/aromatic N) is 5. The largest absolute Gasteiger partial charge is 0.573 e. The number of benzene rings is 2. The van der Waals surface area contributed by atoms with Crippen LogP contribution in [0, 0.1) is 0 Å². The number of ether oxygens (including phenoxy) is 1. The van der Waals surface area contributed by atoms with E-state index in [1.54, 1.807) is 29.3 Å². The van der Waals surface area contributed by atoms with Crippen molar-refractivity contribution in [1.29, 1.82) is 0 Å². The molecule has 33 heavy (non-hydrogen) atoms. The van der Waals surface area contributed by atoms with Crippen LogP contribution in [0.4, 0.5) is 13.2 Å². The van der Waals surface area contributed by atoms with Gasteiger partial charge in [0.1, 0.15) is 5.75 Å². The summed E-state index contributed by atoms with van der Waals surface area (Å²) in [4.78, 5) is 16.9. The zero-order chi connectivity index (χ0) is 23.0. The Labute approximate surface area is 184 Å². The molecule has 0 aliphatic heterocycles. The van der Waals surface area contributed by atoms with Gasteiger partial charge in [0.2, 0.25) is 5.43 Å². The second kappa shape index (κ2) is 7.90. The molecule has 3 aromatic heterocycles. The molecule has 5 rings (SSSR count). The first kappa shape index (κ1) is 20.4. The Morgan fingerprint density at radius 1 is 0.909 bits per heavy atom. The van der Waals surface area contributed by atoms with Gasteiger partial charge >= 0.3 is 6.36 Å². The summed E-state index contributed by atoms with van der Waals surface area (Å²) in [7, 11) is 0. The molecule has 0 fully saturated rings. The van der Waals surface area contributed by atoms with E-state index in [1.807, 2.05) is 24.3 Å². The van der Waals surface area contributed by atoms with Crippen molar-refractivity contribution >= 4 is 10.8 Å². The third-order valence-electron chi connectivity index (χ3n) is 4.90. The SMILES string of the molecule is O=c1ccn(-c2ccc(OC(F)(F)F)cc2)nc1-c1ccnn1-c1cncc2ccccc12. The summed E-state index contributed by atoms with van der Waals surface area (Å²) in [5.41, 5.74) is 1.36. The number of fused-ring (bicyclic) bond motifs is 1. The van der Waals surface area contributed by atoms with E-state index >= 15 is 0 Å². The lowest BCUT2D eigenvalue weighted by Crippen LogP contribution is -2.17. The molecule has 0 bridgehead atoms. The van der Waals surface area contributed by atoms with Gasteiger partial charge in [-0.3, -0.25) is 9.78 Å². The first-order chi connectivity index (χ1) is 15.9. The first-order valence-corrected chi connectivity index (χ1v) is 9.73. The molecule has 0 saturated carbocycles. The van der Waals surface area contributed by atoms with Crippen LogP contribution in [-0.2, 0) is 0 Å². The van der Waals surface area contributed by atoms with Crippen LogP contribution in [-0.4, -0.2) is 30.9 Å². The molecule has 164 valence electrons. The lowest BCUT2D eigenvalue weighted by molar-refractivity contribution is -0.274. The molecule has 0 unspecified atom stereocenters. The Morgan fingerprint density at radius 3 is 2.48 bits per heavy atom. The second-order valence-electron chi connectivity index (χ2n) is 7.02. The molecule has 3 heterocycles. The van der Waals surface area contributed by atoms with Crippen molar-refractivity contribution in [3.63, 3.8) is 0 Å². The van der Waals surface area contributed by atoms with Gasteiger partial charge in [0.05, 0.1) is 29.5 Å². The van der Waals surface area contributed by atoms with Gasteiger partial charge < -0.3 is 4.74 Å². The molecular formula is C23H14F3N5O2. The quantitative estimate of drug-likeness (QED) is 0.403. The summed E-state index contributed by atoms with van der Waals surface area (Å²) in [5, 5.41) is 10.6. The molecule has 0 aliphatic rings. The number of alkyl halides is 3. The molecule has 0 radical (unpaired) electrons. The molecule has 5 aromatic rings. The molecule has 2 aromatic carbocycles. The summed E-state index contributed by atoms with van der Waals surface area (Å²) >= 11 is 0. The van der Waals surface area contributed by atoms with Crippen molar-refractivity contribution in [3.05, 3.63) is 95.7 Å². The van der Waals surface area contributed by atoms with E-state index in [2.05, 4.69) is 19.9 Å². The summed E-state index contributed by atoms with van der Waals surface area (Å²) in [6.45, 7) is 0. The van der Waals surface area contributed by atoms with Crippen LogP contribution in [0.15, 0.2) is 90.2 Å². The molecule has 7 nitrogen and oxygen atoms in total. The van der Waals surface area contributed by atoms with Gasteiger partial charge in [-0.15, -0.1) is 13.2 Å². The van der Waals surface area contributed by atoms with E-state index in [-0.39, 0.29) is 16.9 Å². The van der Waals surface area contributed by atoms with Gasteiger partial charge in [0, 0.05) is 29.2 Å². The van der Waals surface area contributed by atoms with Gasteiger partial charge in [-0.1, -0.05) is 24.3 Å². The number of pyridine rings is 1. The zero-order valence-electron chi connectivity index (χ0n) is 16.8. The molecule has 0 amide bonds. The Hall–Kier alpha value is -4.47. The van der Waals surface area contributed by atoms with Crippen molar-refractivity contribution in [2.24, 2.45) is 0 Å². The molecule has 0 saturated heterocycles. The highest BCUT2D eigenvalue weighted by Crippen LogP contribution is 2.26. The van der Waals surface area contributed by atoms with E-state index in [0.29, 0.717) is 17.1 Å². The number of aromatic nitrogens is 5. The van der Waals surface area contributed by atoms with E-state index < -0.39 is 6.36 Å². The molecule has 0 atom stereocenters. The van der Waals surface area contributed by atoms with E-state index in [4.69, 9.17) is 0 Å². The Kier molecular flexibility index (Phi) is 4.89. The first-order valence-electron chi connectivity index (χ1n) is 9.73. The molecule has 0 spiro atoms. The minimum Gasteiger partial charge on any atom is -0.406 e. The average Bonchev–Trinajstić information content (AvgIpc) is 3.28. The minimum atomic E-state index is -4.78. The van der Waals surface area contributed by atoms with Crippen molar-refractivity contribution in [3.8, 4) is 28.5 Å². The average molecular weight is 449 g/mol. The molecule has 0 N–H and O–H groups in total. The summed E-state index contributed by atoms with van der Waals surface area (Å²) < 4.78 is 44.1. The molecule has 0 aliphatic carbocycles. The predicted molar refractivity (Wildman–Crippen MR) is 114 cm³/mol. The normalized spacial score (nSPS) is 11.6. The zero-order valence-corrected chi connectivity index (χ0v) is 16.8. The topological polar surface area (TPSA) is 74.8 Å². The third kappa shape index (κ3) is 4.05. The van der Waals surface area contributed by atoms with Crippen molar-refractivity contribution in [1.82, 2.24) is 24.5 Å². The predicted octanol–water partition coefficient (Wildman–Crippen LogP) is 4.53. The fraction of sp³-hybridized carbons (Fsp3) is 0.0435. The smallest absolute Gasteiger partial charge is 0.406 e. The maximum absolute atomic E-state index is 12.7. The van der Waals surface area contributed by atoms with Gasteiger partial charge in [-0.2, -0.15) is 10.2 Å². The third-order valence-corrected chi connectivity index (χ3v) is 4.90. The maximum atomic E-state index is 12.7. The Bertz CT molecular complexity index is 1500. The van der Waals surface area contributed by atoms with Crippen molar-refractivity contribution in [2.75, 3.05) is 0 Å².